The smallest absolute Gasteiger partial charge is 0.327 e. The van der Waals surface area contributed by atoms with Crippen LogP contribution >= 0.6 is 0 Å². The van der Waals surface area contributed by atoms with Gasteiger partial charge in [0.25, 0.3) is 0 Å². The molecule has 2 atom stereocenters. The maximum Gasteiger partial charge on any atom is 0.327 e. The first-order valence-electron chi connectivity index (χ1n) is 5.96. The molecule has 0 aliphatic rings. The quantitative estimate of drug-likeness (QED) is 0.781. The second-order valence-electron chi connectivity index (χ2n) is 4.07. The van der Waals surface area contributed by atoms with Crippen molar-refractivity contribution < 1.29 is 14.3 Å². The van der Waals surface area contributed by atoms with Crippen LogP contribution in [0.15, 0.2) is 18.3 Å². The molecule has 0 saturated carbocycles. The fourth-order valence-corrected chi connectivity index (χ4v) is 1.50. The van der Waals surface area contributed by atoms with Gasteiger partial charge in [-0.2, -0.15) is 0 Å². The second kappa shape index (κ2) is 6.96. The van der Waals surface area contributed by atoms with Gasteiger partial charge in [0.05, 0.1) is 14.2 Å². The molecule has 5 nitrogen and oxygen atoms in total. The van der Waals surface area contributed by atoms with Gasteiger partial charge in [-0.1, -0.05) is 6.92 Å². The van der Waals surface area contributed by atoms with Crippen LogP contribution in [0.25, 0.3) is 0 Å². The normalized spacial score (nSPS) is 13.8. The zero-order valence-corrected chi connectivity index (χ0v) is 11.3. The number of nitrogens with one attached hydrogen (secondary N) is 1. The Morgan fingerprint density at radius 3 is 2.61 bits per heavy atom. The van der Waals surface area contributed by atoms with Gasteiger partial charge in [0.2, 0.25) is 5.88 Å². The van der Waals surface area contributed by atoms with Crippen molar-refractivity contribution in [1.29, 1.82) is 0 Å². The third kappa shape index (κ3) is 3.70. The van der Waals surface area contributed by atoms with E-state index in [0.29, 0.717) is 5.88 Å². The fourth-order valence-electron chi connectivity index (χ4n) is 1.50. The molecule has 0 amide bonds. The summed E-state index contributed by atoms with van der Waals surface area (Å²) in [5, 5.41) is 3.22. The molecule has 5 heteroatoms. The lowest BCUT2D eigenvalue weighted by atomic mass is 10.1. The average Bonchev–Trinajstić information content (AvgIpc) is 2.43. The number of hydrogen-bond acceptors (Lipinski definition) is 5. The van der Waals surface area contributed by atoms with Crippen molar-refractivity contribution in [3.63, 3.8) is 0 Å². The van der Waals surface area contributed by atoms with E-state index in [1.54, 1.807) is 19.4 Å². The summed E-state index contributed by atoms with van der Waals surface area (Å²) in [6, 6.07) is 3.26. The lowest BCUT2D eigenvalue weighted by Gasteiger charge is -2.20. The maximum absolute atomic E-state index is 11.8. The van der Waals surface area contributed by atoms with Gasteiger partial charge in [0.1, 0.15) is 6.04 Å². The van der Waals surface area contributed by atoms with Gasteiger partial charge in [0, 0.05) is 18.3 Å². The molecular weight excluding hydrogens is 232 g/mol. The first-order chi connectivity index (χ1) is 8.62. The number of pyridine rings is 1. The summed E-state index contributed by atoms with van der Waals surface area (Å²) in [5.74, 6) is 0.202. The van der Waals surface area contributed by atoms with Gasteiger partial charge in [-0.15, -0.1) is 0 Å². The van der Waals surface area contributed by atoms with E-state index in [9.17, 15) is 4.79 Å². The number of aromatic nitrogens is 1. The van der Waals surface area contributed by atoms with Crippen molar-refractivity contribution >= 4 is 5.97 Å². The van der Waals surface area contributed by atoms with Gasteiger partial charge in [0.15, 0.2) is 0 Å². The molecule has 1 N–H and O–H groups in total. The summed E-state index contributed by atoms with van der Waals surface area (Å²) in [6.45, 7) is 4.07. The molecule has 2 unspecified atom stereocenters. The first kappa shape index (κ1) is 14.4. The molecule has 0 aliphatic heterocycles. The van der Waals surface area contributed by atoms with Gasteiger partial charge >= 0.3 is 5.97 Å². The Hall–Kier alpha value is -1.62. The Morgan fingerprint density at radius 2 is 2.17 bits per heavy atom. The molecule has 18 heavy (non-hydrogen) atoms. The number of hydrogen-bond donors (Lipinski definition) is 1. The number of methoxy groups -OCH3 is 2. The molecule has 0 saturated heterocycles. The molecule has 0 aliphatic carbocycles. The number of ether oxygens (including phenoxy) is 2. The summed E-state index contributed by atoms with van der Waals surface area (Å²) >= 11 is 0. The van der Waals surface area contributed by atoms with Crippen molar-refractivity contribution in [3.8, 4) is 5.88 Å². The molecule has 0 aromatic carbocycles. The summed E-state index contributed by atoms with van der Waals surface area (Å²) < 4.78 is 9.80. The molecule has 0 fully saturated rings. The van der Waals surface area contributed by atoms with Crippen molar-refractivity contribution in [2.75, 3.05) is 14.2 Å². The van der Waals surface area contributed by atoms with E-state index in [4.69, 9.17) is 9.47 Å². The van der Waals surface area contributed by atoms with Crippen LogP contribution < -0.4 is 10.1 Å². The van der Waals surface area contributed by atoms with Gasteiger partial charge in [-0.3, -0.25) is 5.32 Å². The van der Waals surface area contributed by atoms with E-state index in [-0.39, 0.29) is 12.0 Å². The Kier molecular flexibility index (Phi) is 5.58. The van der Waals surface area contributed by atoms with Gasteiger partial charge < -0.3 is 9.47 Å². The van der Waals surface area contributed by atoms with E-state index in [2.05, 4.69) is 17.2 Å². The van der Waals surface area contributed by atoms with E-state index >= 15 is 0 Å². The topological polar surface area (TPSA) is 60.5 Å². The standard InChI is InChI=1S/C13H20N2O3/c1-5-9(2)15-12(13(16)18-4)10-6-7-11(17-3)14-8-10/h6-9,12,15H,5H2,1-4H3. The van der Waals surface area contributed by atoms with E-state index in [1.165, 1.54) is 7.11 Å². The van der Waals surface area contributed by atoms with Crippen LogP contribution in [0.1, 0.15) is 31.9 Å². The van der Waals surface area contributed by atoms with Crippen molar-refractivity contribution in [2.45, 2.75) is 32.4 Å². The fraction of sp³-hybridized carbons (Fsp3) is 0.538. The van der Waals surface area contributed by atoms with Crippen LogP contribution in [0.5, 0.6) is 5.88 Å². The van der Waals surface area contributed by atoms with Crippen LogP contribution in [-0.4, -0.2) is 31.2 Å². The summed E-state index contributed by atoms with van der Waals surface area (Å²) in [4.78, 5) is 15.9. The highest BCUT2D eigenvalue weighted by Crippen LogP contribution is 2.17. The molecule has 0 radical (unpaired) electrons. The molecule has 0 bridgehead atoms. The van der Waals surface area contributed by atoms with Crippen LogP contribution in [0.4, 0.5) is 0 Å². The third-order valence-electron chi connectivity index (χ3n) is 2.80. The monoisotopic (exact) mass is 252 g/mol. The average molecular weight is 252 g/mol. The van der Waals surface area contributed by atoms with E-state index in [0.717, 1.165) is 12.0 Å². The van der Waals surface area contributed by atoms with Crippen LogP contribution in [0.3, 0.4) is 0 Å². The summed E-state index contributed by atoms with van der Waals surface area (Å²) in [7, 11) is 2.93. The van der Waals surface area contributed by atoms with Crippen LogP contribution in [-0.2, 0) is 9.53 Å². The molecule has 1 rings (SSSR count). The Balaban J connectivity index is 2.90. The lowest BCUT2D eigenvalue weighted by Crippen LogP contribution is -2.35. The number of carbonyl (C=O) groups excluding carboxylic acids is 1. The Labute approximate surface area is 108 Å². The summed E-state index contributed by atoms with van der Waals surface area (Å²) in [5.41, 5.74) is 0.767. The predicted octanol–water partition coefficient (Wildman–Crippen LogP) is 1.69. The summed E-state index contributed by atoms with van der Waals surface area (Å²) in [6.07, 6.45) is 2.55. The maximum atomic E-state index is 11.8. The minimum Gasteiger partial charge on any atom is -0.481 e. The highest BCUT2D eigenvalue weighted by atomic mass is 16.5. The molecule has 0 spiro atoms. The van der Waals surface area contributed by atoms with Crippen molar-refractivity contribution in [3.05, 3.63) is 23.9 Å². The zero-order valence-electron chi connectivity index (χ0n) is 11.3. The minimum atomic E-state index is -0.497. The second-order valence-corrected chi connectivity index (χ2v) is 4.07. The lowest BCUT2D eigenvalue weighted by molar-refractivity contribution is -0.143. The predicted molar refractivity (Wildman–Crippen MR) is 68.4 cm³/mol. The van der Waals surface area contributed by atoms with Crippen molar-refractivity contribution in [1.82, 2.24) is 10.3 Å². The Morgan fingerprint density at radius 1 is 1.44 bits per heavy atom. The van der Waals surface area contributed by atoms with Crippen LogP contribution in [0.2, 0.25) is 0 Å². The van der Waals surface area contributed by atoms with Crippen molar-refractivity contribution in [2.24, 2.45) is 0 Å². The largest absolute Gasteiger partial charge is 0.481 e. The highest BCUT2D eigenvalue weighted by molar-refractivity contribution is 5.77. The molecule has 1 aromatic heterocycles. The minimum absolute atomic E-state index is 0.219. The number of carbonyl (C=O) groups is 1. The molecule has 1 aromatic rings. The van der Waals surface area contributed by atoms with Gasteiger partial charge in [-0.05, 0) is 25.0 Å². The van der Waals surface area contributed by atoms with E-state index in [1.807, 2.05) is 13.0 Å². The van der Waals surface area contributed by atoms with Gasteiger partial charge in [-0.25, -0.2) is 9.78 Å². The molecule has 100 valence electrons. The van der Waals surface area contributed by atoms with E-state index < -0.39 is 6.04 Å². The number of nitrogens with zero attached hydrogens (tertiary/aromatic N) is 1. The Bertz CT molecular complexity index is 378. The highest BCUT2D eigenvalue weighted by Gasteiger charge is 2.22. The first-order valence-corrected chi connectivity index (χ1v) is 5.96. The number of esters is 1. The zero-order chi connectivity index (χ0) is 13.5. The molecular formula is C13H20N2O3. The number of rotatable bonds is 6. The molecule has 1 heterocycles. The SMILES string of the molecule is CCC(C)NC(C(=O)OC)c1ccc(OC)nc1. The third-order valence-corrected chi connectivity index (χ3v) is 2.80. The van der Waals surface area contributed by atoms with Crippen LogP contribution in [0, 0.1) is 0 Å².